The van der Waals surface area contributed by atoms with Crippen LogP contribution in [0.4, 0.5) is 0 Å². The Morgan fingerprint density at radius 3 is 2.69 bits per heavy atom. The number of rotatable bonds is 5. The molecule has 1 aliphatic rings. The van der Waals surface area contributed by atoms with Crippen LogP contribution in [0.5, 0.6) is 0 Å². The standard InChI is InChI=1S/C20H25N3O3/c1-15-8-9-17(18(24)22(15)2)12-21-19(25)20(26)10-11-23(14-20)13-16-6-4-3-5-7-16/h3-9,26H,10-14H2,1-2H3,(H,21,25). The number of nitrogens with one attached hydrogen (secondary N) is 1. The second-order valence-electron chi connectivity index (χ2n) is 7.02. The number of β-amino-alcohol motifs (C(OH)–C–C–N with tert-alkyl or cyclic N) is 1. The largest absolute Gasteiger partial charge is 0.379 e. The second-order valence-corrected chi connectivity index (χ2v) is 7.02. The number of carbonyl (C=O) groups excluding carboxylic acids is 1. The summed E-state index contributed by atoms with van der Waals surface area (Å²) >= 11 is 0. The van der Waals surface area contributed by atoms with Crippen molar-refractivity contribution in [1.82, 2.24) is 14.8 Å². The minimum atomic E-state index is -1.41. The highest BCUT2D eigenvalue weighted by Crippen LogP contribution is 2.23. The first-order valence-corrected chi connectivity index (χ1v) is 8.81. The molecule has 1 amide bonds. The molecule has 1 aliphatic heterocycles. The van der Waals surface area contributed by atoms with Gasteiger partial charge in [-0.1, -0.05) is 36.4 Å². The molecule has 1 fully saturated rings. The van der Waals surface area contributed by atoms with Crippen molar-refractivity contribution in [2.45, 2.75) is 32.0 Å². The molecule has 1 unspecified atom stereocenters. The van der Waals surface area contributed by atoms with Crippen molar-refractivity contribution in [1.29, 1.82) is 0 Å². The van der Waals surface area contributed by atoms with E-state index in [1.165, 1.54) is 0 Å². The summed E-state index contributed by atoms with van der Waals surface area (Å²) in [6.07, 6.45) is 0.386. The summed E-state index contributed by atoms with van der Waals surface area (Å²) in [7, 11) is 1.70. The minimum Gasteiger partial charge on any atom is -0.379 e. The van der Waals surface area contributed by atoms with Gasteiger partial charge in [-0.25, -0.2) is 0 Å². The predicted octanol–water partition coefficient (Wildman–Crippen LogP) is 0.947. The normalized spacial score (nSPS) is 20.3. The molecule has 138 valence electrons. The average molecular weight is 355 g/mol. The molecule has 26 heavy (non-hydrogen) atoms. The molecule has 0 radical (unpaired) electrons. The highest BCUT2D eigenvalue weighted by atomic mass is 16.3. The van der Waals surface area contributed by atoms with E-state index in [4.69, 9.17) is 0 Å². The Kier molecular flexibility index (Phi) is 5.25. The van der Waals surface area contributed by atoms with Crippen LogP contribution < -0.4 is 10.9 Å². The molecular weight excluding hydrogens is 330 g/mol. The van der Waals surface area contributed by atoms with Crippen LogP contribution in [-0.2, 0) is 24.9 Å². The van der Waals surface area contributed by atoms with E-state index in [9.17, 15) is 14.7 Å². The van der Waals surface area contributed by atoms with E-state index in [1.807, 2.05) is 43.3 Å². The van der Waals surface area contributed by atoms with Gasteiger partial charge in [0, 0.05) is 44.5 Å². The summed E-state index contributed by atoms with van der Waals surface area (Å²) in [4.78, 5) is 26.8. The quantitative estimate of drug-likeness (QED) is 0.837. The first-order chi connectivity index (χ1) is 12.4. The Morgan fingerprint density at radius 2 is 1.96 bits per heavy atom. The molecule has 1 aromatic carbocycles. The molecule has 6 heteroatoms. The van der Waals surface area contributed by atoms with Crippen LogP contribution >= 0.6 is 0 Å². The average Bonchev–Trinajstić information content (AvgIpc) is 3.02. The minimum absolute atomic E-state index is 0.118. The van der Waals surface area contributed by atoms with Gasteiger partial charge >= 0.3 is 0 Å². The predicted molar refractivity (Wildman–Crippen MR) is 99.6 cm³/mol. The van der Waals surface area contributed by atoms with Gasteiger partial charge in [-0.3, -0.25) is 14.5 Å². The summed E-state index contributed by atoms with van der Waals surface area (Å²) in [5.41, 5.74) is 0.977. The van der Waals surface area contributed by atoms with Gasteiger partial charge in [0.15, 0.2) is 5.60 Å². The van der Waals surface area contributed by atoms with Crippen molar-refractivity contribution in [2.24, 2.45) is 7.05 Å². The Hall–Kier alpha value is -2.44. The lowest BCUT2D eigenvalue weighted by molar-refractivity contribution is -0.138. The lowest BCUT2D eigenvalue weighted by Crippen LogP contribution is -2.48. The zero-order chi connectivity index (χ0) is 18.7. The van der Waals surface area contributed by atoms with Crippen molar-refractivity contribution >= 4 is 5.91 Å². The van der Waals surface area contributed by atoms with E-state index in [2.05, 4.69) is 10.2 Å². The molecule has 1 atom stereocenters. The third-order valence-corrected chi connectivity index (χ3v) is 5.07. The highest BCUT2D eigenvalue weighted by Gasteiger charge is 2.42. The topological polar surface area (TPSA) is 74.6 Å². The molecule has 0 aliphatic carbocycles. The maximum Gasteiger partial charge on any atom is 0.255 e. The molecule has 3 rings (SSSR count). The van der Waals surface area contributed by atoms with Crippen molar-refractivity contribution in [3.63, 3.8) is 0 Å². The van der Waals surface area contributed by atoms with Crippen LogP contribution in [0.3, 0.4) is 0 Å². The van der Waals surface area contributed by atoms with Crippen LogP contribution in [0.1, 0.15) is 23.2 Å². The number of aryl methyl sites for hydroxylation is 1. The van der Waals surface area contributed by atoms with Crippen molar-refractivity contribution in [3.05, 3.63) is 69.6 Å². The SMILES string of the molecule is Cc1ccc(CNC(=O)C2(O)CCN(Cc3ccccc3)C2)c(=O)n1C. The highest BCUT2D eigenvalue weighted by molar-refractivity contribution is 5.85. The Morgan fingerprint density at radius 1 is 1.23 bits per heavy atom. The summed E-state index contributed by atoms with van der Waals surface area (Å²) in [6, 6.07) is 13.5. The smallest absolute Gasteiger partial charge is 0.255 e. The first kappa shape index (κ1) is 18.4. The fourth-order valence-corrected chi connectivity index (χ4v) is 3.29. The van der Waals surface area contributed by atoms with Crippen LogP contribution in [0.25, 0.3) is 0 Å². The third kappa shape index (κ3) is 3.86. The van der Waals surface area contributed by atoms with Crippen LogP contribution in [0, 0.1) is 6.92 Å². The maximum atomic E-state index is 12.5. The molecular formula is C20H25N3O3. The third-order valence-electron chi connectivity index (χ3n) is 5.07. The number of amides is 1. The zero-order valence-corrected chi connectivity index (χ0v) is 15.2. The number of aliphatic hydroxyl groups is 1. The molecule has 2 aromatic rings. The zero-order valence-electron chi connectivity index (χ0n) is 15.2. The number of benzene rings is 1. The number of hydrogen-bond acceptors (Lipinski definition) is 4. The lowest BCUT2D eigenvalue weighted by atomic mass is 10.0. The number of carbonyl (C=O) groups is 1. The lowest BCUT2D eigenvalue weighted by Gasteiger charge is -2.22. The van der Waals surface area contributed by atoms with E-state index in [-0.39, 0.29) is 12.1 Å². The van der Waals surface area contributed by atoms with Gasteiger partial charge in [-0.2, -0.15) is 0 Å². The summed E-state index contributed by atoms with van der Waals surface area (Å²) in [5, 5.41) is 13.4. The monoisotopic (exact) mass is 355 g/mol. The molecule has 0 saturated carbocycles. The number of hydrogen-bond donors (Lipinski definition) is 2. The van der Waals surface area contributed by atoms with E-state index in [0.29, 0.717) is 31.6 Å². The number of likely N-dealkylation sites (tertiary alicyclic amines) is 1. The maximum absolute atomic E-state index is 12.5. The van der Waals surface area contributed by atoms with Gasteiger partial charge in [0.2, 0.25) is 0 Å². The fraction of sp³-hybridized carbons (Fsp3) is 0.400. The molecule has 0 spiro atoms. The van der Waals surface area contributed by atoms with Crippen LogP contribution in [0.2, 0.25) is 0 Å². The molecule has 0 bridgehead atoms. The molecule has 1 saturated heterocycles. The Labute approximate surface area is 153 Å². The summed E-state index contributed by atoms with van der Waals surface area (Å²) in [6.45, 7) is 3.62. The first-order valence-electron chi connectivity index (χ1n) is 8.81. The van der Waals surface area contributed by atoms with Gasteiger partial charge in [0.25, 0.3) is 11.5 Å². The molecule has 6 nitrogen and oxygen atoms in total. The number of pyridine rings is 1. The van der Waals surface area contributed by atoms with Crippen LogP contribution in [0.15, 0.2) is 47.3 Å². The van der Waals surface area contributed by atoms with Gasteiger partial charge in [-0.05, 0) is 25.0 Å². The van der Waals surface area contributed by atoms with Gasteiger partial charge < -0.3 is 15.0 Å². The molecule has 2 N–H and O–H groups in total. The van der Waals surface area contributed by atoms with E-state index < -0.39 is 11.5 Å². The van der Waals surface area contributed by atoms with Crippen molar-refractivity contribution in [3.8, 4) is 0 Å². The second kappa shape index (κ2) is 7.43. The van der Waals surface area contributed by atoms with Crippen molar-refractivity contribution in [2.75, 3.05) is 13.1 Å². The fourth-order valence-electron chi connectivity index (χ4n) is 3.29. The number of nitrogens with zero attached hydrogens (tertiary/aromatic N) is 2. The van der Waals surface area contributed by atoms with Crippen molar-refractivity contribution < 1.29 is 9.90 Å². The van der Waals surface area contributed by atoms with Gasteiger partial charge in [0.1, 0.15) is 0 Å². The van der Waals surface area contributed by atoms with E-state index >= 15 is 0 Å². The van der Waals surface area contributed by atoms with Gasteiger partial charge in [-0.15, -0.1) is 0 Å². The Bertz CT molecular complexity index is 847. The van der Waals surface area contributed by atoms with Gasteiger partial charge in [0.05, 0.1) is 0 Å². The van der Waals surface area contributed by atoms with E-state index in [0.717, 1.165) is 11.3 Å². The van der Waals surface area contributed by atoms with E-state index in [1.54, 1.807) is 17.7 Å². The summed E-state index contributed by atoms with van der Waals surface area (Å²) < 4.78 is 1.55. The van der Waals surface area contributed by atoms with Crippen LogP contribution in [-0.4, -0.2) is 39.2 Å². The Balaban J connectivity index is 1.59. The number of aromatic nitrogens is 1. The molecule has 1 aromatic heterocycles. The summed E-state index contributed by atoms with van der Waals surface area (Å²) in [5.74, 6) is -0.421. The molecule has 2 heterocycles.